The molecule has 3 aliphatic rings. The molecule has 4 aromatic carbocycles. The van der Waals surface area contributed by atoms with Crippen molar-refractivity contribution in [3.8, 4) is 28.4 Å². The summed E-state index contributed by atoms with van der Waals surface area (Å²) < 4.78 is 28.5. The van der Waals surface area contributed by atoms with Crippen LogP contribution in [0.1, 0.15) is 85.8 Å². The van der Waals surface area contributed by atoms with Crippen LogP contribution in [-0.2, 0) is 53.8 Å². The molecule has 1 unspecified atom stereocenters. The van der Waals surface area contributed by atoms with Crippen LogP contribution in [0.3, 0.4) is 0 Å². The van der Waals surface area contributed by atoms with Crippen molar-refractivity contribution < 1.29 is 23.4 Å². The van der Waals surface area contributed by atoms with Crippen molar-refractivity contribution in [1.29, 1.82) is 0 Å². The van der Waals surface area contributed by atoms with Gasteiger partial charge < -0.3 is 34.0 Å². The third-order valence-electron chi connectivity index (χ3n) is 9.41. The van der Waals surface area contributed by atoms with Gasteiger partial charge >= 0.3 is 5.63 Å². The summed E-state index contributed by atoms with van der Waals surface area (Å²) in [6.45, 7) is 16.7. The number of fused-ring (bicyclic) bond motifs is 10. The Kier molecular flexibility index (Phi) is 15.3. The lowest BCUT2D eigenvalue weighted by molar-refractivity contribution is -0.0580. The maximum absolute atomic E-state index is 12.7. The number of nitrogens with one attached hydrogen (secondary N) is 2. The standard InChI is InChI=1S/C21H23NO3.C20H19NO3.C2H6.CH4.S5/c1-12-11-21(2,3)22-14-10-9-13-18-15(23-4)7-6-8-16(18)25-20(24-5)19(13)17(12)14;1-11-10-20(2,3)21-13-9-8-12-17-14(23-4)6-5-7-15(17)24-19(22)18(12)16(11)13;1-2;;1-3-5-4-2/h6-11,20,22H,1-5H3;5-10,21H,1-4H3;1-2H3;1H4;. The van der Waals surface area contributed by atoms with Gasteiger partial charge in [0.15, 0.2) is 0 Å². The Balaban J connectivity index is 0.000000215. The molecule has 0 radical (unpaired) electrons. The van der Waals surface area contributed by atoms with Crippen LogP contribution in [0.15, 0.2) is 82.0 Å². The summed E-state index contributed by atoms with van der Waals surface area (Å²) >= 11 is 8.89. The monoisotopic (exact) mass is 864 g/mol. The zero-order chi connectivity index (χ0) is 40.9. The molecule has 0 bridgehead atoms. The molecule has 4 heterocycles. The average molecular weight is 865 g/mol. The minimum atomic E-state index is -0.448. The number of hydrogen-bond acceptors (Lipinski definition) is 10. The Bertz CT molecular complexity index is 2550. The van der Waals surface area contributed by atoms with Gasteiger partial charge in [0, 0.05) is 89.6 Å². The third-order valence-corrected chi connectivity index (χ3v) is 13.9. The third kappa shape index (κ3) is 9.29. The molecular formula is C44H52N2O6S5. The molecule has 13 heteroatoms. The van der Waals surface area contributed by atoms with E-state index in [1.165, 1.54) is 32.2 Å². The molecule has 8 rings (SSSR count). The van der Waals surface area contributed by atoms with E-state index in [2.05, 4.69) is 91.9 Å². The lowest BCUT2D eigenvalue weighted by Crippen LogP contribution is -2.32. The Morgan fingerprint density at radius 2 is 1.28 bits per heavy atom. The second-order valence-electron chi connectivity index (χ2n) is 14.2. The van der Waals surface area contributed by atoms with E-state index in [-0.39, 0.29) is 24.1 Å². The first kappa shape index (κ1) is 45.6. The molecule has 57 heavy (non-hydrogen) atoms. The fraction of sp³-hybridized carbons (Fsp3) is 0.341. The summed E-state index contributed by atoms with van der Waals surface area (Å²) in [5.74, 6) is 2.29. The zero-order valence-electron chi connectivity index (χ0n) is 33.5. The topological polar surface area (TPSA) is 91.2 Å². The zero-order valence-corrected chi connectivity index (χ0v) is 37.6. The Hall–Kier alpha value is -4.11. The summed E-state index contributed by atoms with van der Waals surface area (Å²) in [5.41, 5.74) is 9.52. The SMILES string of the molecule is C.CC.COc1cccc2c1-c1ccc3c(c1C(OC)O2)C(C)=CC(C)(C)N3.COc1cccc2oc(=O)c3c4c(ccc3c12)NC(C)(C)C=C4C.S=S=S=S=S. The summed E-state index contributed by atoms with van der Waals surface area (Å²) in [6.07, 6.45) is 3.94. The van der Waals surface area contributed by atoms with Crippen molar-refractivity contribution in [3.63, 3.8) is 0 Å². The van der Waals surface area contributed by atoms with Gasteiger partial charge in [-0.3, -0.25) is 0 Å². The van der Waals surface area contributed by atoms with Crippen molar-refractivity contribution in [2.24, 2.45) is 0 Å². The van der Waals surface area contributed by atoms with Crippen LogP contribution in [0.25, 0.3) is 44.0 Å². The molecular weight excluding hydrogens is 813 g/mol. The highest BCUT2D eigenvalue weighted by molar-refractivity contribution is 8.59. The number of anilines is 2. The van der Waals surface area contributed by atoms with Gasteiger partial charge in [-0.05, 0) is 94.7 Å². The molecule has 8 nitrogen and oxygen atoms in total. The van der Waals surface area contributed by atoms with E-state index in [1.54, 1.807) is 27.4 Å². The largest absolute Gasteiger partial charge is 0.496 e. The van der Waals surface area contributed by atoms with Crippen LogP contribution < -0.4 is 30.5 Å². The molecule has 0 amide bonds. The fourth-order valence-electron chi connectivity index (χ4n) is 7.72. The predicted octanol–water partition coefficient (Wildman–Crippen LogP) is 11.2. The molecule has 0 aliphatic carbocycles. The van der Waals surface area contributed by atoms with Crippen molar-refractivity contribution in [3.05, 3.63) is 99.9 Å². The Labute approximate surface area is 354 Å². The molecule has 0 spiro atoms. The number of rotatable bonds is 3. The van der Waals surface area contributed by atoms with Crippen molar-refractivity contribution in [2.75, 3.05) is 32.0 Å². The maximum Gasteiger partial charge on any atom is 0.344 e. The highest BCUT2D eigenvalue weighted by atomic mass is 33.3. The van der Waals surface area contributed by atoms with Crippen LogP contribution in [0.5, 0.6) is 17.2 Å². The number of allylic oxidation sites excluding steroid dienone is 2. The molecule has 1 atom stereocenters. The second kappa shape index (κ2) is 19.1. The Morgan fingerprint density at radius 1 is 0.719 bits per heavy atom. The maximum atomic E-state index is 12.7. The first-order valence-electron chi connectivity index (χ1n) is 18.1. The van der Waals surface area contributed by atoms with Crippen LogP contribution in [0.2, 0.25) is 0 Å². The first-order valence-corrected chi connectivity index (χ1v) is 23.4. The van der Waals surface area contributed by atoms with Gasteiger partial charge in [0.25, 0.3) is 0 Å². The smallest absolute Gasteiger partial charge is 0.344 e. The summed E-state index contributed by atoms with van der Waals surface area (Å²) in [4.78, 5) is 12.7. The molecule has 3 aliphatic heterocycles. The van der Waals surface area contributed by atoms with Crippen molar-refractivity contribution in [2.45, 2.75) is 80.2 Å². The Morgan fingerprint density at radius 3 is 1.86 bits per heavy atom. The minimum absolute atomic E-state index is 0. The molecule has 5 aromatic rings. The van der Waals surface area contributed by atoms with Crippen LogP contribution in [-0.4, -0.2) is 32.4 Å². The predicted molar refractivity (Wildman–Crippen MR) is 253 cm³/mol. The minimum Gasteiger partial charge on any atom is -0.496 e. The fourth-order valence-corrected chi connectivity index (χ4v) is 10.5. The van der Waals surface area contributed by atoms with Crippen LogP contribution >= 0.6 is 0 Å². The summed E-state index contributed by atoms with van der Waals surface area (Å²) in [6, 6.07) is 19.6. The van der Waals surface area contributed by atoms with Gasteiger partial charge in [0.05, 0.1) is 41.6 Å². The molecule has 0 saturated heterocycles. The molecule has 0 saturated carbocycles. The van der Waals surface area contributed by atoms with E-state index in [0.29, 0.717) is 16.7 Å². The average Bonchev–Trinajstić information content (AvgIpc) is 3.17. The molecule has 0 fully saturated rings. The number of benzene rings is 4. The lowest BCUT2D eigenvalue weighted by atomic mass is 9.83. The van der Waals surface area contributed by atoms with E-state index >= 15 is 0 Å². The van der Waals surface area contributed by atoms with E-state index in [0.717, 1.165) is 67.0 Å². The van der Waals surface area contributed by atoms with Gasteiger partial charge in [-0.1, -0.05) is 57.7 Å². The van der Waals surface area contributed by atoms with Crippen LogP contribution in [0, 0.1) is 0 Å². The molecule has 1 aromatic heterocycles. The summed E-state index contributed by atoms with van der Waals surface area (Å²) in [5, 5.41) is 9.35. The van der Waals surface area contributed by atoms with E-state index in [1.807, 2.05) is 63.2 Å². The van der Waals surface area contributed by atoms with E-state index < -0.39 is 6.29 Å². The second-order valence-corrected chi connectivity index (χ2v) is 19.5. The van der Waals surface area contributed by atoms with E-state index in [9.17, 15) is 4.79 Å². The quantitative estimate of drug-likeness (QED) is 0.135. The van der Waals surface area contributed by atoms with Gasteiger partial charge in [0.2, 0.25) is 6.29 Å². The highest BCUT2D eigenvalue weighted by Crippen LogP contribution is 2.52. The number of methoxy groups -OCH3 is 3. The van der Waals surface area contributed by atoms with Gasteiger partial charge in [-0.25, -0.2) is 4.79 Å². The van der Waals surface area contributed by atoms with Crippen LogP contribution in [0.4, 0.5) is 11.4 Å². The van der Waals surface area contributed by atoms with Gasteiger partial charge in [-0.15, -0.1) is 0 Å². The number of hydrogen-bond donors (Lipinski definition) is 2. The molecule has 2 N–H and O–H groups in total. The molecule has 304 valence electrons. The normalized spacial score (nSPS) is 15.8. The van der Waals surface area contributed by atoms with Crippen molar-refractivity contribution in [1.82, 2.24) is 0 Å². The van der Waals surface area contributed by atoms with Gasteiger partial charge in [0.1, 0.15) is 22.8 Å². The highest BCUT2D eigenvalue weighted by Gasteiger charge is 2.35. The number of ether oxygens (including phenoxy) is 4. The first-order chi connectivity index (χ1) is 26.8. The van der Waals surface area contributed by atoms with Gasteiger partial charge in [-0.2, -0.15) is 0 Å². The van der Waals surface area contributed by atoms with Crippen molar-refractivity contribution >= 4 is 93.3 Å². The summed E-state index contributed by atoms with van der Waals surface area (Å²) in [7, 11) is 8.94. The van der Waals surface area contributed by atoms with E-state index in [4.69, 9.17) is 23.4 Å². The lowest BCUT2D eigenvalue weighted by Gasteiger charge is -2.36.